The highest BCUT2D eigenvalue weighted by atomic mass is 32.2. The number of hydrogen-bond donors (Lipinski definition) is 3. The lowest BCUT2D eigenvalue weighted by molar-refractivity contribution is -0.116. The predicted octanol–water partition coefficient (Wildman–Crippen LogP) is 7.78. The Bertz CT molecular complexity index is 1930. The normalized spacial score (nSPS) is 11.8. The van der Waals surface area contributed by atoms with E-state index in [4.69, 9.17) is 9.47 Å². The molecular formula is C38H35N3O5S. The molecule has 0 radical (unpaired) electrons. The lowest BCUT2D eigenvalue weighted by Gasteiger charge is -2.16. The summed E-state index contributed by atoms with van der Waals surface area (Å²) in [4.78, 5) is 40.9. The fraction of sp³-hybridized carbons (Fsp3) is 0.132. The van der Waals surface area contributed by atoms with Crippen molar-refractivity contribution < 1.29 is 23.9 Å². The molecule has 5 aromatic carbocycles. The first-order chi connectivity index (χ1) is 22.9. The van der Waals surface area contributed by atoms with Gasteiger partial charge in [0.15, 0.2) is 11.5 Å². The molecule has 5 aromatic rings. The summed E-state index contributed by atoms with van der Waals surface area (Å²) in [7, 11) is 3.03. The molecule has 238 valence electrons. The number of methoxy groups -OCH3 is 2. The number of rotatable bonds is 12. The summed E-state index contributed by atoms with van der Waals surface area (Å²) in [5, 5.41) is 10.5. The van der Waals surface area contributed by atoms with Crippen LogP contribution in [0.15, 0.2) is 126 Å². The van der Waals surface area contributed by atoms with Crippen LogP contribution in [-0.2, 0) is 9.59 Å². The first-order valence-corrected chi connectivity index (χ1v) is 15.9. The molecule has 0 aromatic heterocycles. The zero-order valence-electron chi connectivity index (χ0n) is 26.3. The maximum atomic E-state index is 13.7. The zero-order chi connectivity index (χ0) is 33.2. The van der Waals surface area contributed by atoms with Gasteiger partial charge in [0.05, 0.1) is 19.5 Å². The van der Waals surface area contributed by atoms with Gasteiger partial charge in [-0.05, 0) is 71.8 Å². The summed E-state index contributed by atoms with van der Waals surface area (Å²) in [6, 6.07) is 35.0. The van der Waals surface area contributed by atoms with Crippen LogP contribution in [0, 0.1) is 0 Å². The van der Waals surface area contributed by atoms with Gasteiger partial charge in [-0.1, -0.05) is 73.7 Å². The van der Waals surface area contributed by atoms with Crippen molar-refractivity contribution in [2.75, 3.05) is 24.9 Å². The van der Waals surface area contributed by atoms with Crippen LogP contribution in [0.5, 0.6) is 11.5 Å². The smallest absolute Gasteiger partial charge is 0.272 e. The van der Waals surface area contributed by atoms with Crippen molar-refractivity contribution >= 4 is 57.7 Å². The standard InChI is InChI=1S/C38H35N3O5S/c1-4-34(38(44)40-30-21-20-25-12-8-9-15-27(25)22-30)47-31-18-11-17-29(24-31)39-37(43)32(41-36(42)26-13-6-5-7-14-26)23-28-16-10-19-33(45-2)35(28)46-3/h5-24,34H,4H2,1-3H3,(H,39,43)(H,40,44)(H,41,42)/b32-23+. The van der Waals surface area contributed by atoms with Gasteiger partial charge in [0.2, 0.25) is 5.91 Å². The number of nitrogens with one attached hydrogen (secondary N) is 3. The third-order valence-corrected chi connectivity index (χ3v) is 8.67. The third-order valence-electron chi connectivity index (χ3n) is 7.31. The van der Waals surface area contributed by atoms with Crippen LogP contribution >= 0.6 is 11.8 Å². The third kappa shape index (κ3) is 8.39. The van der Waals surface area contributed by atoms with Crippen molar-refractivity contribution in [3.63, 3.8) is 0 Å². The Kier molecular flexibility index (Phi) is 10.9. The minimum Gasteiger partial charge on any atom is -0.493 e. The van der Waals surface area contributed by atoms with Gasteiger partial charge in [-0.2, -0.15) is 0 Å². The summed E-state index contributed by atoms with van der Waals surface area (Å²) in [5.74, 6) is -0.192. The van der Waals surface area contributed by atoms with Gasteiger partial charge in [-0.25, -0.2) is 0 Å². The van der Waals surface area contributed by atoms with Gasteiger partial charge >= 0.3 is 0 Å². The van der Waals surface area contributed by atoms with E-state index in [1.165, 1.54) is 26.0 Å². The van der Waals surface area contributed by atoms with E-state index in [1.807, 2.05) is 67.6 Å². The number of fused-ring (bicyclic) bond motifs is 1. The van der Waals surface area contributed by atoms with Gasteiger partial charge in [0.1, 0.15) is 5.70 Å². The van der Waals surface area contributed by atoms with E-state index in [0.717, 1.165) is 21.4 Å². The quantitative estimate of drug-likeness (QED) is 0.0946. The van der Waals surface area contributed by atoms with Crippen LogP contribution in [-0.4, -0.2) is 37.2 Å². The van der Waals surface area contributed by atoms with E-state index in [1.54, 1.807) is 60.7 Å². The molecule has 0 bridgehead atoms. The van der Waals surface area contributed by atoms with Gasteiger partial charge in [-0.15, -0.1) is 11.8 Å². The SMILES string of the molecule is CCC(Sc1cccc(NC(=O)/C(=C\c2cccc(OC)c2OC)NC(=O)c2ccccc2)c1)C(=O)Nc1ccc2ccccc2c1. The Morgan fingerprint density at radius 3 is 2.21 bits per heavy atom. The lowest BCUT2D eigenvalue weighted by atomic mass is 10.1. The molecule has 3 N–H and O–H groups in total. The van der Waals surface area contributed by atoms with Gasteiger partial charge in [0.25, 0.3) is 11.8 Å². The van der Waals surface area contributed by atoms with Crippen molar-refractivity contribution in [3.05, 3.63) is 132 Å². The van der Waals surface area contributed by atoms with Crippen molar-refractivity contribution in [2.24, 2.45) is 0 Å². The number of benzene rings is 5. The van der Waals surface area contributed by atoms with Crippen molar-refractivity contribution in [1.29, 1.82) is 0 Å². The molecule has 0 fully saturated rings. The first kappa shape index (κ1) is 32.8. The number of carbonyl (C=O) groups excluding carboxylic acids is 3. The molecule has 9 heteroatoms. The molecule has 0 aliphatic heterocycles. The molecule has 0 saturated carbocycles. The minimum absolute atomic E-state index is 0.00431. The Morgan fingerprint density at radius 1 is 0.745 bits per heavy atom. The summed E-state index contributed by atoms with van der Waals surface area (Å²) >= 11 is 1.41. The minimum atomic E-state index is -0.539. The van der Waals surface area contributed by atoms with Gasteiger partial charge in [-0.3, -0.25) is 14.4 Å². The molecule has 1 atom stereocenters. The van der Waals surface area contributed by atoms with Gasteiger partial charge in [0, 0.05) is 27.4 Å². The van der Waals surface area contributed by atoms with E-state index in [0.29, 0.717) is 34.7 Å². The number of anilines is 2. The molecule has 1 unspecified atom stereocenters. The number of ether oxygens (including phenoxy) is 2. The maximum Gasteiger partial charge on any atom is 0.272 e. The lowest BCUT2D eigenvalue weighted by Crippen LogP contribution is -2.30. The zero-order valence-corrected chi connectivity index (χ0v) is 27.1. The highest BCUT2D eigenvalue weighted by molar-refractivity contribution is 8.00. The van der Waals surface area contributed by atoms with Crippen LogP contribution in [0.3, 0.4) is 0 Å². The van der Waals surface area contributed by atoms with Crippen LogP contribution in [0.25, 0.3) is 16.8 Å². The van der Waals surface area contributed by atoms with Crippen molar-refractivity contribution in [1.82, 2.24) is 5.32 Å². The summed E-state index contributed by atoms with van der Waals surface area (Å²) in [6.07, 6.45) is 2.14. The van der Waals surface area contributed by atoms with Crippen LogP contribution in [0.1, 0.15) is 29.3 Å². The number of carbonyl (C=O) groups is 3. The largest absolute Gasteiger partial charge is 0.493 e. The van der Waals surface area contributed by atoms with E-state index in [9.17, 15) is 14.4 Å². The monoisotopic (exact) mass is 645 g/mol. The highest BCUT2D eigenvalue weighted by Gasteiger charge is 2.20. The molecule has 0 aliphatic rings. The molecule has 0 saturated heterocycles. The van der Waals surface area contributed by atoms with Crippen molar-refractivity contribution in [2.45, 2.75) is 23.5 Å². The van der Waals surface area contributed by atoms with E-state index in [2.05, 4.69) is 16.0 Å². The highest BCUT2D eigenvalue weighted by Crippen LogP contribution is 2.33. The maximum absolute atomic E-state index is 13.7. The molecule has 8 nitrogen and oxygen atoms in total. The molecule has 3 amide bonds. The second kappa shape index (κ2) is 15.6. The fourth-order valence-corrected chi connectivity index (χ4v) is 5.96. The molecular weight excluding hydrogens is 611 g/mol. The number of hydrogen-bond acceptors (Lipinski definition) is 6. The van der Waals surface area contributed by atoms with Gasteiger partial charge < -0.3 is 25.4 Å². The Morgan fingerprint density at radius 2 is 1.47 bits per heavy atom. The topological polar surface area (TPSA) is 106 Å². The molecule has 0 aliphatic carbocycles. The number of para-hydroxylation sites is 1. The fourth-order valence-electron chi connectivity index (χ4n) is 4.95. The Labute approximate surface area is 278 Å². The first-order valence-electron chi connectivity index (χ1n) is 15.0. The molecule has 0 heterocycles. The van der Waals surface area contributed by atoms with E-state index in [-0.39, 0.29) is 16.9 Å². The van der Waals surface area contributed by atoms with Crippen LogP contribution in [0.2, 0.25) is 0 Å². The van der Waals surface area contributed by atoms with Crippen molar-refractivity contribution in [3.8, 4) is 11.5 Å². The summed E-state index contributed by atoms with van der Waals surface area (Å²) < 4.78 is 11.0. The molecule has 0 spiro atoms. The summed E-state index contributed by atoms with van der Waals surface area (Å²) in [6.45, 7) is 1.96. The number of amides is 3. The second-order valence-electron chi connectivity index (χ2n) is 10.5. The Hall–Kier alpha value is -5.54. The van der Waals surface area contributed by atoms with E-state index < -0.39 is 11.8 Å². The predicted molar refractivity (Wildman–Crippen MR) is 189 cm³/mol. The van der Waals surface area contributed by atoms with Crippen LogP contribution in [0.4, 0.5) is 11.4 Å². The molecule has 47 heavy (non-hydrogen) atoms. The van der Waals surface area contributed by atoms with Crippen LogP contribution < -0.4 is 25.4 Å². The Balaban J connectivity index is 1.34. The summed E-state index contributed by atoms with van der Waals surface area (Å²) in [5.41, 5.74) is 2.18. The number of thioether (sulfide) groups is 1. The average molecular weight is 646 g/mol. The van der Waals surface area contributed by atoms with E-state index >= 15 is 0 Å². The molecule has 5 rings (SSSR count). The average Bonchev–Trinajstić information content (AvgIpc) is 3.10. The second-order valence-corrected chi connectivity index (χ2v) is 11.8.